The molecule has 0 saturated heterocycles. The van der Waals surface area contributed by atoms with Crippen molar-refractivity contribution in [1.29, 1.82) is 0 Å². The van der Waals surface area contributed by atoms with Crippen LogP contribution in [0.15, 0.2) is 16.7 Å². The first kappa shape index (κ1) is 12.7. The van der Waals surface area contributed by atoms with Crippen LogP contribution >= 0.6 is 12.2 Å². The summed E-state index contributed by atoms with van der Waals surface area (Å²) in [6.07, 6.45) is 3.66. The molecule has 0 spiro atoms. The summed E-state index contributed by atoms with van der Waals surface area (Å²) < 4.78 is 5.18. The molecular formula is C11H16N2O2S. The number of rotatable bonds is 6. The number of carbonyl (C=O) groups is 1. The number of hydrogen-bond donors (Lipinski definition) is 2. The fourth-order valence-corrected chi connectivity index (χ4v) is 1.52. The molecule has 0 unspecified atom stereocenters. The standard InChI is InChI=1S/C11H16N2O2S/c1-2-9-8(5-7-15-9)11(14)13-6-3-4-10(12)16/h5,7H,2-4,6H2,1H3,(H2,12,16)(H,13,14). The van der Waals surface area contributed by atoms with E-state index in [1.54, 1.807) is 6.07 Å². The maximum absolute atomic E-state index is 11.7. The Morgan fingerprint density at radius 2 is 2.38 bits per heavy atom. The minimum Gasteiger partial charge on any atom is -0.469 e. The number of amides is 1. The third kappa shape index (κ3) is 3.66. The summed E-state index contributed by atoms with van der Waals surface area (Å²) in [4.78, 5) is 12.2. The number of hydrogen-bond acceptors (Lipinski definition) is 3. The van der Waals surface area contributed by atoms with E-state index in [9.17, 15) is 4.79 Å². The summed E-state index contributed by atoms with van der Waals surface area (Å²) in [7, 11) is 0. The van der Waals surface area contributed by atoms with Gasteiger partial charge in [-0.05, 0) is 18.9 Å². The lowest BCUT2D eigenvalue weighted by Crippen LogP contribution is -2.25. The second-order valence-corrected chi connectivity index (χ2v) is 3.96. The minimum atomic E-state index is -0.103. The summed E-state index contributed by atoms with van der Waals surface area (Å²) in [5.74, 6) is 0.611. The van der Waals surface area contributed by atoms with Crippen molar-refractivity contribution in [3.8, 4) is 0 Å². The molecule has 5 heteroatoms. The van der Waals surface area contributed by atoms with Gasteiger partial charge in [-0.1, -0.05) is 19.1 Å². The molecule has 1 aromatic rings. The molecule has 1 aromatic heterocycles. The van der Waals surface area contributed by atoms with Crippen LogP contribution in [0.1, 0.15) is 35.9 Å². The third-order valence-corrected chi connectivity index (χ3v) is 2.40. The van der Waals surface area contributed by atoms with Gasteiger partial charge in [0.05, 0.1) is 16.8 Å². The van der Waals surface area contributed by atoms with Crippen LogP contribution in [0.25, 0.3) is 0 Å². The molecule has 0 atom stereocenters. The lowest BCUT2D eigenvalue weighted by molar-refractivity contribution is 0.0951. The highest BCUT2D eigenvalue weighted by atomic mass is 32.1. The predicted octanol–water partition coefficient (Wildman–Crippen LogP) is 1.64. The fourth-order valence-electron chi connectivity index (χ4n) is 1.38. The molecule has 16 heavy (non-hydrogen) atoms. The highest BCUT2D eigenvalue weighted by Crippen LogP contribution is 2.10. The molecule has 1 rings (SSSR count). The number of carbonyl (C=O) groups excluding carboxylic acids is 1. The zero-order valence-electron chi connectivity index (χ0n) is 9.29. The summed E-state index contributed by atoms with van der Waals surface area (Å²) in [6.45, 7) is 2.52. The molecule has 0 radical (unpaired) electrons. The monoisotopic (exact) mass is 240 g/mol. The van der Waals surface area contributed by atoms with Crippen molar-refractivity contribution in [2.45, 2.75) is 26.2 Å². The van der Waals surface area contributed by atoms with Crippen LogP contribution in [0, 0.1) is 0 Å². The maximum Gasteiger partial charge on any atom is 0.254 e. The first-order chi connectivity index (χ1) is 7.65. The molecule has 0 aliphatic rings. The van der Waals surface area contributed by atoms with E-state index in [-0.39, 0.29) is 5.91 Å². The Labute approximate surface area is 100 Å². The van der Waals surface area contributed by atoms with E-state index in [2.05, 4.69) is 5.32 Å². The molecule has 0 aliphatic carbocycles. The molecule has 1 amide bonds. The van der Waals surface area contributed by atoms with E-state index < -0.39 is 0 Å². The van der Waals surface area contributed by atoms with Gasteiger partial charge in [0, 0.05) is 13.0 Å². The molecule has 4 nitrogen and oxygen atoms in total. The number of furan rings is 1. The number of nitrogens with two attached hydrogens (primary N) is 1. The maximum atomic E-state index is 11.7. The van der Waals surface area contributed by atoms with Crippen molar-refractivity contribution in [1.82, 2.24) is 5.32 Å². The van der Waals surface area contributed by atoms with Gasteiger partial charge in [-0.3, -0.25) is 4.79 Å². The van der Waals surface area contributed by atoms with Gasteiger partial charge in [0.25, 0.3) is 5.91 Å². The molecule has 0 bridgehead atoms. The molecular weight excluding hydrogens is 224 g/mol. The number of nitrogens with one attached hydrogen (secondary N) is 1. The van der Waals surface area contributed by atoms with Gasteiger partial charge in [0.1, 0.15) is 5.76 Å². The summed E-state index contributed by atoms with van der Waals surface area (Å²) in [6, 6.07) is 1.68. The Kier molecular flexibility index (Phi) is 4.98. The van der Waals surface area contributed by atoms with E-state index in [4.69, 9.17) is 22.4 Å². The first-order valence-electron chi connectivity index (χ1n) is 5.28. The van der Waals surface area contributed by atoms with Crippen molar-refractivity contribution in [3.63, 3.8) is 0 Å². The second kappa shape index (κ2) is 6.27. The van der Waals surface area contributed by atoms with E-state index in [1.807, 2.05) is 6.92 Å². The van der Waals surface area contributed by atoms with Crippen LogP contribution in [-0.4, -0.2) is 17.4 Å². The number of thiocarbonyl (C=S) groups is 1. The Balaban J connectivity index is 2.38. The number of aryl methyl sites for hydroxylation is 1. The Bertz CT molecular complexity index is 374. The van der Waals surface area contributed by atoms with E-state index in [1.165, 1.54) is 6.26 Å². The smallest absolute Gasteiger partial charge is 0.254 e. The first-order valence-corrected chi connectivity index (χ1v) is 5.68. The highest BCUT2D eigenvalue weighted by molar-refractivity contribution is 7.80. The van der Waals surface area contributed by atoms with Crippen LogP contribution in [0.4, 0.5) is 0 Å². The van der Waals surface area contributed by atoms with Crippen molar-refractivity contribution < 1.29 is 9.21 Å². The van der Waals surface area contributed by atoms with Crippen molar-refractivity contribution in [2.75, 3.05) is 6.54 Å². The largest absolute Gasteiger partial charge is 0.469 e. The SMILES string of the molecule is CCc1occc1C(=O)NCCCC(N)=S. The van der Waals surface area contributed by atoms with Gasteiger partial charge in [0.2, 0.25) is 0 Å². The zero-order chi connectivity index (χ0) is 12.0. The van der Waals surface area contributed by atoms with E-state index in [0.717, 1.165) is 6.42 Å². The average Bonchev–Trinajstić information content (AvgIpc) is 2.71. The predicted molar refractivity (Wildman–Crippen MR) is 66.4 cm³/mol. The molecule has 0 aliphatic heterocycles. The molecule has 1 heterocycles. The molecule has 0 fully saturated rings. The average molecular weight is 240 g/mol. The van der Waals surface area contributed by atoms with Crippen LogP contribution in [0.2, 0.25) is 0 Å². The van der Waals surface area contributed by atoms with Gasteiger partial charge in [-0.2, -0.15) is 0 Å². The molecule has 0 aromatic carbocycles. The van der Waals surface area contributed by atoms with E-state index in [0.29, 0.717) is 35.7 Å². The van der Waals surface area contributed by atoms with Gasteiger partial charge < -0.3 is 15.5 Å². The van der Waals surface area contributed by atoms with Crippen LogP contribution in [0.3, 0.4) is 0 Å². The topological polar surface area (TPSA) is 68.3 Å². The van der Waals surface area contributed by atoms with Crippen LogP contribution in [-0.2, 0) is 6.42 Å². The summed E-state index contributed by atoms with van der Waals surface area (Å²) in [5.41, 5.74) is 5.96. The van der Waals surface area contributed by atoms with E-state index >= 15 is 0 Å². The molecule has 0 saturated carbocycles. The van der Waals surface area contributed by atoms with Gasteiger partial charge in [0.15, 0.2) is 0 Å². The summed E-state index contributed by atoms with van der Waals surface area (Å²) in [5, 5.41) is 2.80. The minimum absolute atomic E-state index is 0.103. The van der Waals surface area contributed by atoms with Crippen molar-refractivity contribution in [2.24, 2.45) is 5.73 Å². The zero-order valence-corrected chi connectivity index (χ0v) is 10.1. The normalized spacial score (nSPS) is 10.1. The van der Waals surface area contributed by atoms with Gasteiger partial charge in [-0.25, -0.2) is 0 Å². The Morgan fingerprint density at radius 3 is 3.00 bits per heavy atom. The van der Waals surface area contributed by atoms with Crippen molar-refractivity contribution >= 4 is 23.1 Å². The van der Waals surface area contributed by atoms with Crippen molar-refractivity contribution in [3.05, 3.63) is 23.7 Å². The quantitative estimate of drug-likeness (QED) is 0.586. The molecule has 88 valence electrons. The third-order valence-electron chi connectivity index (χ3n) is 2.20. The molecule has 3 N–H and O–H groups in total. The van der Waals surface area contributed by atoms with Crippen LogP contribution in [0.5, 0.6) is 0 Å². The Morgan fingerprint density at radius 1 is 1.62 bits per heavy atom. The van der Waals surface area contributed by atoms with Gasteiger partial charge in [-0.15, -0.1) is 0 Å². The van der Waals surface area contributed by atoms with Gasteiger partial charge >= 0.3 is 0 Å². The van der Waals surface area contributed by atoms with Crippen LogP contribution < -0.4 is 11.1 Å². The lowest BCUT2D eigenvalue weighted by atomic mass is 10.2. The Hall–Kier alpha value is -1.36. The lowest BCUT2D eigenvalue weighted by Gasteiger charge is -2.04. The second-order valence-electron chi connectivity index (χ2n) is 3.44. The highest BCUT2D eigenvalue weighted by Gasteiger charge is 2.12. The summed E-state index contributed by atoms with van der Waals surface area (Å²) >= 11 is 4.74. The fraction of sp³-hybridized carbons (Fsp3) is 0.455.